The molecule has 0 aliphatic carbocycles. The third kappa shape index (κ3) is 6.28. The van der Waals surface area contributed by atoms with E-state index < -0.39 is 0 Å². The highest BCUT2D eigenvalue weighted by molar-refractivity contribution is 5.80. The Labute approximate surface area is 175 Å². The lowest BCUT2D eigenvalue weighted by Crippen LogP contribution is -2.04. The highest BCUT2D eigenvalue weighted by atomic mass is 16.6. The summed E-state index contributed by atoms with van der Waals surface area (Å²) in [5.41, 5.74) is 2.50. The molecule has 3 aromatic rings. The highest BCUT2D eigenvalue weighted by Gasteiger charge is 2.05. The van der Waals surface area contributed by atoms with E-state index in [2.05, 4.69) is 11.2 Å². The average Bonchev–Trinajstić information content (AvgIpc) is 2.81. The zero-order valence-electron chi connectivity index (χ0n) is 16.7. The van der Waals surface area contributed by atoms with Crippen molar-refractivity contribution in [2.45, 2.75) is 6.61 Å². The molecule has 6 nitrogen and oxygen atoms in total. The van der Waals surface area contributed by atoms with Gasteiger partial charge in [-0.1, -0.05) is 35.5 Å². The van der Waals surface area contributed by atoms with Gasteiger partial charge < -0.3 is 19.0 Å². The summed E-state index contributed by atoms with van der Waals surface area (Å²) in [4.78, 5) is 5.23. The zero-order valence-corrected chi connectivity index (χ0v) is 16.7. The molecule has 3 rings (SSSR count). The lowest BCUT2D eigenvalue weighted by Gasteiger charge is -2.11. The molecule has 0 spiro atoms. The van der Waals surface area contributed by atoms with E-state index in [1.165, 1.54) is 0 Å². The number of ether oxygens (including phenoxy) is 3. The standard InChI is InChI=1S/C24H22N2O4/c1-27-24-15-21(9-12-23(24)29-18-20-5-3-2-4-6-20)17-26-30-14-13-28-22-10-7-19(16-25)8-11-22/h2-12,15,17H,13-14,18H2,1H3/b26-17+. The van der Waals surface area contributed by atoms with Gasteiger partial charge in [-0.15, -0.1) is 0 Å². The Morgan fingerprint density at radius 1 is 0.900 bits per heavy atom. The van der Waals surface area contributed by atoms with Crippen molar-refractivity contribution in [1.82, 2.24) is 0 Å². The second-order valence-corrected chi connectivity index (χ2v) is 6.24. The van der Waals surface area contributed by atoms with Crippen LogP contribution in [0.3, 0.4) is 0 Å². The Kier molecular flexibility index (Phi) is 7.69. The molecule has 0 amide bonds. The number of rotatable bonds is 10. The predicted octanol–water partition coefficient (Wildman–Crippen LogP) is 4.58. The molecule has 0 unspecified atom stereocenters. The molecule has 0 fully saturated rings. The van der Waals surface area contributed by atoms with Crippen LogP contribution in [0.5, 0.6) is 17.2 Å². The van der Waals surface area contributed by atoms with Crippen LogP contribution in [0.2, 0.25) is 0 Å². The van der Waals surface area contributed by atoms with Gasteiger partial charge in [0.05, 0.1) is 25.0 Å². The molecule has 0 bridgehead atoms. The minimum absolute atomic E-state index is 0.298. The van der Waals surface area contributed by atoms with Crippen LogP contribution in [0.1, 0.15) is 16.7 Å². The van der Waals surface area contributed by atoms with Crippen LogP contribution in [0.4, 0.5) is 0 Å². The normalized spacial score (nSPS) is 10.4. The number of nitriles is 1. The molecule has 0 aliphatic rings. The van der Waals surface area contributed by atoms with E-state index in [9.17, 15) is 0 Å². The first-order valence-electron chi connectivity index (χ1n) is 9.41. The summed E-state index contributed by atoms with van der Waals surface area (Å²) in [5.74, 6) is 1.96. The monoisotopic (exact) mass is 402 g/mol. The van der Waals surface area contributed by atoms with E-state index in [-0.39, 0.29) is 0 Å². The van der Waals surface area contributed by atoms with Crippen molar-refractivity contribution in [1.29, 1.82) is 5.26 Å². The minimum Gasteiger partial charge on any atom is -0.493 e. The summed E-state index contributed by atoms with van der Waals surface area (Å²) in [5, 5.41) is 12.7. The van der Waals surface area contributed by atoms with Gasteiger partial charge in [0, 0.05) is 5.56 Å². The van der Waals surface area contributed by atoms with Gasteiger partial charge in [-0.05, 0) is 48.0 Å². The largest absolute Gasteiger partial charge is 0.493 e. The van der Waals surface area contributed by atoms with Gasteiger partial charge >= 0.3 is 0 Å². The maximum Gasteiger partial charge on any atom is 0.161 e. The molecule has 0 aromatic heterocycles. The topological polar surface area (TPSA) is 73.1 Å². The lowest BCUT2D eigenvalue weighted by molar-refractivity contribution is 0.108. The molecule has 152 valence electrons. The molecule has 0 N–H and O–H groups in total. The SMILES string of the molecule is COc1cc(/C=N/OCCOc2ccc(C#N)cc2)ccc1OCc1ccccc1. The van der Waals surface area contributed by atoms with Crippen molar-refractivity contribution in [3.05, 3.63) is 89.5 Å². The number of nitrogens with zero attached hydrogens (tertiary/aromatic N) is 2. The fourth-order valence-electron chi connectivity index (χ4n) is 2.59. The maximum absolute atomic E-state index is 8.78. The molecule has 30 heavy (non-hydrogen) atoms. The Morgan fingerprint density at radius 2 is 1.70 bits per heavy atom. The zero-order chi connectivity index (χ0) is 21.0. The van der Waals surface area contributed by atoms with Crippen LogP contribution >= 0.6 is 0 Å². The average molecular weight is 402 g/mol. The van der Waals surface area contributed by atoms with Crippen LogP contribution in [0.15, 0.2) is 78.0 Å². The van der Waals surface area contributed by atoms with E-state index >= 15 is 0 Å². The first-order valence-corrected chi connectivity index (χ1v) is 9.41. The Morgan fingerprint density at radius 3 is 2.43 bits per heavy atom. The highest BCUT2D eigenvalue weighted by Crippen LogP contribution is 2.28. The van der Waals surface area contributed by atoms with Crippen molar-refractivity contribution in [2.75, 3.05) is 20.3 Å². The number of benzene rings is 3. The fraction of sp³-hybridized carbons (Fsp3) is 0.167. The van der Waals surface area contributed by atoms with Crippen LogP contribution in [0.25, 0.3) is 0 Å². The molecular formula is C24H22N2O4. The van der Waals surface area contributed by atoms with E-state index in [0.29, 0.717) is 42.6 Å². The van der Waals surface area contributed by atoms with Gasteiger partial charge in [-0.25, -0.2) is 0 Å². The van der Waals surface area contributed by atoms with Crippen LogP contribution in [-0.2, 0) is 11.4 Å². The van der Waals surface area contributed by atoms with Crippen molar-refractivity contribution >= 4 is 6.21 Å². The molecule has 0 radical (unpaired) electrons. The molecule has 0 saturated carbocycles. The molecule has 3 aromatic carbocycles. The third-order valence-electron chi connectivity index (χ3n) is 4.13. The summed E-state index contributed by atoms with van der Waals surface area (Å²) in [6.45, 7) is 1.11. The quantitative estimate of drug-likeness (QED) is 0.282. The second-order valence-electron chi connectivity index (χ2n) is 6.24. The van der Waals surface area contributed by atoms with Gasteiger partial charge in [0.15, 0.2) is 18.1 Å². The van der Waals surface area contributed by atoms with E-state index in [1.807, 2.05) is 48.5 Å². The van der Waals surface area contributed by atoms with Gasteiger partial charge in [0.25, 0.3) is 0 Å². The Balaban J connectivity index is 1.45. The summed E-state index contributed by atoms with van der Waals surface area (Å²) < 4.78 is 16.8. The molecule has 0 atom stereocenters. The molecule has 0 aliphatic heterocycles. The predicted molar refractivity (Wildman–Crippen MR) is 114 cm³/mol. The first kappa shape index (κ1) is 20.7. The van der Waals surface area contributed by atoms with Gasteiger partial charge in [-0.3, -0.25) is 0 Å². The number of oxime groups is 1. The molecule has 6 heteroatoms. The number of hydrogen-bond donors (Lipinski definition) is 0. The lowest BCUT2D eigenvalue weighted by atomic mass is 10.2. The summed E-state index contributed by atoms with van der Waals surface area (Å²) >= 11 is 0. The van der Waals surface area contributed by atoms with Gasteiger partial charge in [0.2, 0.25) is 0 Å². The van der Waals surface area contributed by atoms with Crippen LogP contribution < -0.4 is 14.2 Å². The smallest absolute Gasteiger partial charge is 0.161 e. The van der Waals surface area contributed by atoms with E-state index in [0.717, 1.165) is 11.1 Å². The van der Waals surface area contributed by atoms with Gasteiger partial charge in [-0.2, -0.15) is 5.26 Å². The minimum atomic E-state index is 0.298. The van der Waals surface area contributed by atoms with E-state index in [1.54, 1.807) is 37.6 Å². The molecule has 0 saturated heterocycles. The van der Waals surface area contributed by atoms with Gasteiger partial charge in [0.1, 0.15) is 19.0 Å². The second kappa shape index (κ2) is 11.1. The van der Waals surface area contributed by atoms with Crippen molar-refractivity contribution < 1.29 is 19.0 Å². The molecular weight excluding hydrogens is 380 g/mol. The van der Waals surface area contributed by atoms with Crippen LogP contribution in [0, 0.1) is 11.3 Å². The summed E-state index contributed by atoms with van der Waals surface area (Å²) in [7, 11) is 1.60. The van der Waals surface area contributed by atoms with Crippen molar-refractivity contribution in [2.24, 2.45) is 5.16 Å². The van der Waals surface area contributed by atoms with Crippen LogP contribution in [-0.4, -0.2) is 26.5 Å². The van der Waals surface area contributed by atoms with E-state index in [4.69, 9.17) is 24.3 Å². The number of hydrogen-bond acceptors (Lipinski definition) is 6. The summed E-state index contributed by atoms with van der Waals surface area (Å²) in [6, 6.07) is 24.5. The first-order chi connectivity index (χ1) is 14.8. The summed E-state index contributed by atoms with van der Waals surface area (Å²) in [6.07, 6.45) is 1.60. The Hall–Kier alpha value is -3.98. The fourth-order valence-corrected chi connectivity index (χ4v) is 2.59. The Bertz CT molecular complexity index is 996. The van der Waals surface area contributed by atoms with Crippen molar-refractivity contribution in [3.8, 4) is 23.3 Å². The van der Waals surface area contributed by atoms with Crippen molar-refractivity contribution in [3.63, 3.8) is 0 Å². The third-order valence-corrected chi connectivity index (χ3v) is 4.13. The number of methoxy groups -OCH3 is 1. The maximum atomic E-state index is 8.78. The molecule has 0 heterocycles.